The fraction of sp³-hybridized carbons (Fsp3) is 0.200. The van der Waals surface area contributed by atoms with E-state index in [-0.39, 0.29) is 12.3 Å². The number of aryl methyl sites for hydroxylation is 1. The molecule has 0 radical (unpaired) electrons. The summed E-state index contributed by atoms with van der Waals surface area (Å²) in [5, 5.41) is 11.6. The highest BCUT2D eigenvalue weighted by Crippen LogP contribution is 2.21. The number of rotatable bonds is 5. The molecule has 104 valence electrons. The number of aliphatic carboxylic acids is 1. The van der Waals surface area contributed by atoms with Crippen LogP contribution >= 0.6 is 11.3 Å². The van der Waals surface area contributed by atoms with Crippen LogP contribution in [0.5, 0.6) is 0 Å². The standard InChI is InChI=1S/C15H15NO3S/c1-2-11-7-8-13(20-11)15(19)16-12-6-4-3-5-10(12)9-14(17)18/h3-8H,2,9H2,1H3,(H,16,19)(H,17,18). The van der Waals surface area contributed by atoms with Crippen molar-refractivity contribution in [1.29, 1.82) is 0 Å². The predicted octanol–water partition coefficient (Wildman–Crippen LogP) is 3.19. The molecule has 4 nitrogen and oxygen atoms in total. The van der Waals surface area contributed by atoms with E-state index in [0.717, 1.165) is 11.3 Å². The largest absolute Gasteiger partial charge is 0.481 e. The molecule has 2 aromatic rings. The summed E-state index contributed by atoms with van der Waals surface area (Å²) in [4.78, 5) is 24.7. The highest BCUT2D eigenvalue weighted by molar-refractivity contribution is 7.14. The number of hydrogen-bond acceptors (Lipinski definition) is 3. The fourth-order valence-corrected chi connectivity index (χ4v) is 2.68. The summed E-state index contributed by atoms with van der Waals surface area (Å²) < 4.78 is 0. The molecule has 5 heteroatoms. The van der Waals surface area contributed by atoms with Crippen LogP contribution in [0, 0.1) is 0 Å². The van der Waals surface area contributed by atoms with Gasteiger partial charge in [0.1, 0.15) is 0 Å². The van der Waals surface area contributed by atoms with Crippen molar-refractivity contribution in [1.82, 2.24) is 0 Å². The maximum absolute atomic E-state index is 12.1. The van der Waals surface area contributed by atoms with Gasteiger partial charge in [-0.25, -0.2) is 0 Å². The smallest absolute Gasteiger partial charge is 0.307 e. The van der Waals surface area contributed by atoms with Crippen LogP contribution in [0.2, 0.25) is 0 Å². The summed E-state index contributed by atoms with van der Waals surface area (Å²) in [6.07, 6.45) is 0.786. The number of anilines is 1. The second-order valence-corrected chi connectivity index (χ2v) is 5.47. The van der Waals surface area contributed by atoms with E-state index in [0.29, 0.717) is 16.1 Å². The van der Waals surface area contributed by atoms with Gasteiger partial charge in [0, 0.05) is 10.6 Å². The Morgan fingerprint density at radius 3 is 2.60 bits per heavy atom. The third-order valence-corrected chi connectivity index (χ3v) is 4.07. The van der Waals surface area contributed by atoms with E-state index in [4.69, 9.17) is 5.11 Å². The minimum absolute atomic E-state index is 0.110. The average Bonchev–Trinajstić information content (AvgIpc) is 2.89. The zero-order valence-electron chi connectivity index (χ0n) is 11.1. The van der Waals surface area contributed by atoms with E-state index in [1.54, 1.807) is 30.3 Å². The zero-order valence-corrected chi connectivity index (χ0v) is 11.9. The summed E-state index contributed by atoms with van der Waals surface area (Å²) in [6, 6.07) is 10.7. The van der Waals surface area contributed by atoms with Crippen molar-refractivity contribution < 1.29 is 14.7 Å². The van der Waals surface area contributed by atoms with Gasteiger partial charge >= 0.3 is 5.97 Å². The van der Waals surface area contributed by atoms with Gasteiger partial charge in [0.25, 0.3) is 5.91 Å². The lowest BCUT2D eigenvalue weighted by Gasteiger charge is -2.08. The molecule has 0 atom stereocenters. The number of carboxylic acids is 1. The Kier molecular flexibility index (Phi) is 4.53. The van der Waals surface area contributed by atoms with Crippen LogP contribution in [0.1, 0.15) is 27.0 Å². The normalized spacial score (nSPS) is 10.2. The molecular weight excluding hydrogens is 274 g/mol. The van der Waals surface area contributed by atoms with Crippen LogP contribution < -0.4 is 5.32 Å². The van der Waals surface area contributed by atoms with E-state index < -0.39 is 5.97 Å². The molecule has 0 aliphatic heterocycles. The molecule has 2 N–H and O–H groups in total. The molecule has 0 aliphatic rings. The number of carboxylic acid groups (broad SMARTS) is 1. The van der Waals surface area contributed by atoms with Crippen LogP contribution in [-0.4, -0.2) is 17.0 Å². The Morgan fingerprint density at radius 2 is 1.95 bits per heavy atom. The van der Waals surface area contributed by atoms with Crippen molar-refractivity contribution in [3.05, 3.63) is 51.7 Å². The number of hydrogen-bond donors (Lipinski definition) is 2. The molecule has 1 amide bonds. The molecule has 0 bridgehead atoms. The van der Waals surface area contributed by atoms with Crippen molar-refractivity contribution in [3.8, 4) is 0 Å². The molecule has 1 aromatic carbocycles. The Balaban J connectivity index is 2.17. The Bertz CT molecular complexity index is 634. The first-order valence-corrected chi connectivity index (χ1v) is 7.11. The van der Waals surface area contributed by atoms with Crippen molar-refractivity contribution in [2.45, 2.75) is 19.8 Å². The average molecular weight is 289 g/mol. The number of amides is 1. The number of carbonyl (C=O) groups is 2. The number of carbonyl (C=O) groups excluding carboxylic acids is 1. The summed E-state index contributed by atoms with van der Waals surface area (Å²) >= 11 is 1.45. The van der Waals surface area contributed by atoms with Gasteiger partial charge in [-0.15, -0.1) is 11.3 Å². The second-order valence-electron chi connectivity index (χ2n) is 4.30. The minimum atomic E-state index is -0.920. The van der Waals surface area contributed by atoms with Gasteiger partial charge in [0.15, 0.2) is 0 Å². The number of thiophene rings is 1. The molecule has 0 saturated carbocycles. The van der Waals surface area contributed by atoms with Gasteiger partial charge in [-0.05, 0) is 30.2 Å². The highest BCUT2D eigenvalue weighted by atomic mass is 32.1. The summed E-state index contributed by atoms with van der Waals surface area (Å²) in [5.41, 5.74) is 1.15. The first kappa shape index (κ1) is 14.3. The van der Waals surface area contributed by atoms with Gasteiger partial charge in [0.05, 0.1) is 11.3 Å². The quantitative estimate of drug-likeness (QED) is 0.888. The molecule has 1 heterocycles. The lowest BCUT2D eigenvalue weighted by Crippen LogP contribution is -2.13. The van der Waals surface area contributed by atoms with Crippen LogP contribution in [0.25, 0.3) is 0 Å². The summed E-state index contributed by atoms with van der Waals surface area (Å²) in [6.45, 7) is 2.04. The third-order valence-electron chi connectivity index (χ3n) is 2.84. The maximum Gasteiger partial charge on any atom is 0.307 e. The van der Waals surface area contributed by atoms with Gasteiger partial charge in [0.2, 0.25) is 0 Å². The third kappa shape index (κ3) is 3.45. The minimum Gasteiger partial charge on any atom is -0.481 e. The van der Waals surface area contributed by atoms with E-state index in [9.17, 15) is 9.59 Å². The van der Waals surface area contributed by atoms with E-state index in [1.165, 1.54) is 11.3 Å². The highest BCUT2D eigenvalue weighted by Gasteiger charge is 2.12. The van der Waals surface area contributed by atoms with E-state index in [1.807, 2.05) is 13.0 Å². The van der Waals surface area contributed by atoms with Gasteiger partial charge < -0.3 is 10.4 Å². The predicted molar refractivity (Wildman–Crippen MR) is 79.4 cm³/mol. The Morgan fingerprint density at radius 1 is 1.20 bits per heavy atom. The molecule has 0 aliphatic carbocycles. The molecule has 2 rings (SSSR count). The van der Waals surface area contributed by atoms with Crippen LogP contribution in [0.4, 0.5) is 5.69 Å². The van der Waals surface area contributed by atoms with Crippen LogP contribution in [0.15, 0.2) is 36.4 Å². The number of benzene rings is 1. The zero-order chi connectivity index (χ0) is 14.5. The van der Waals surface area contributed by atoms with Crippen LogP contribution in [-0.2, 0) is 17.6 Å². The summed E-state index contributed by atoms with van der Waals surface area (Å²) in [7, 11) is 0. The van der Waals surface area contributed by atoms with Gasteiger partial charge in [-0.3, -0.25) is 9.59 Å². The second kappa shape index (κ2) is 6.34. The molecule has 1 aromatic heterocycles. The summed E-state index contributed by atoms with van der Waals surface area (Å²) in [5.74, 6) is -1.12. The lowest BCUT2D eigenvalue weighted by atomic mass is 10.1. The van der Waals surface area contributed by atoms with E-state index in [2.05, 4.69) is 5.32 Å². The fourth-order valence-electron chi connectivity index (χ4n) is 1.83. The lowest BCUT2D eigenvalue weighted by molar-refractivity contribution is -0.136. The number of nitrogens with one attached hydrogen (secondary N) is 1. The number of para-hydroxylation sites is 1. The molecule has 0 unspecified atom stereocenters. The molecule has 20 heavy (non-hydrogen) atoms. The van der Waals surface area contributed by atoms with Gasteiger partial charge in [-0.1, -0.05) is 25.1 Å². The topological polar surface area (TPSA) is 66.4 Å². The van der Waals surface area contributed by atoms with Crippen molar-refractivity contribution in [3.63, 3.8) is 0 Å². The molecular formula is C15H15NO3S. The van der Waals surface area contributed by atoms with Gasteiger partial charge in [-0.2, -0.15) is 0 Å². The molecule has 0 spiro atoms. The van der Waals surface area contributed by atoms with Crippen LogP contribution in [0.3, 0.4) is 0 Å². The monoisotopic (exact) mass is 289 g/mol. The molecule has 0 fully saturated rings. The SMILES string of the molecule is CCc1ccc(C(=O)Nc2ccccc2CC(=O)O)s1. The molecule has 0 saturated heterocycles. The van der Waals surface area contributed by atoms with E-state index >= 15 is 0 Å². The Hall–Kier alpha value is -2.14. The van der Waals surface area contributed by atoms with Crippen molar-refractivity contribution in [2.24, 2.45) is 0 Å². The van der Waals surface area contributed by atoms with Crippen molar-refractivity contribution >= 4 is 28.9 Å². The first-order valence-electron chi connectivity index (χ1n) is 6.30. The Labute approximate surface area is 121 Å². The first-order chi connectivity index (χ1) is 9.60. The van der Waals surface area contributed by atoms with Crippen molar-refractivity contribution in [2.75, 3.05) is 5.32 Å². The maximum atomic E-state index is 12.1.